The fraction of sp³-hybridized carbons (Fsp3) is 0.424. The van der Waals surface area contributed by atoms with Crippen LogP contribution in [0.1, 0.15) is 58.9 Å². The van der Waals surface area contributed by atoms with Crippen molar-refractivity contribution in [2.75, 3.05) is 20.1 Å². The van der Waals surface area contributed by atoms with Crippen LogP contribution < -0.4 is 10.6 Å². The molecule has 1 amide bonds. The summed E-state index contributed by atoms with van der Waals surface area (Å²) in [4.78, 5) is 15.6. The van der Waals surface area contributed by atoms with Crippen molar-refractivity contribution in [2.24, 2.45) is 5.92 Å². The van der Waals surface area contributed by atoms with Crippen molar-refractivity contribution in [3.63, 3.8) is 0 Å². The van der Waals surface area contributed by atoms with Crippen LogP contribution in [0.2, 0.25) is 0 Å². The van der Waals surface area contributed by atoms with Gasteiger partial charge in [0.05, 0.1) is 12.1 Å². The minimum atomic E-state index is -0.994. The Bertz CT molecular complexity index is 1240. The Morgan fingerprint density at radius 1 is 0.950 bits per heavy atom. The summed E-state index contributed by atoms with van der Waals surface area (Å²) in [6, 6.07) is 16.4. The van der Waals surface area contributed by atoms with Gasteiger partial charge in [-0.15, -0.1) is 0 Å². The van der Waals surface area contributed by atoms with Crippen LogP contribution in [-0.2, 0) is 25.9 Å². The molecule has 0 aliphatic rings. The summed E-state index contributed by atoms with van der Waals surface area (Å²) in [5, 5.41) is 17.3. The van der Waals surface area contributed by atoms with Gasteiger partial charge in [0, 0.05) is 37.8 Å². The Labute approximate surface area is 237 Å². The average molecular weight is 552 g/mol. The van der Waals surface area contributed by atoms with Crippen molar-refractivity contribution in [2.45, 2.75) is 65.8 Å². The van der Waals surface area contributed by atoms with Crippen molar-refractivity contribution < 1.29 is 18.7 Å². The number of amides is 1. The van der Waals surface area contributed by atoms with E-state index in [0.29, 0.717) is 30.1 Å². The van der Waals surface area contributed by atoms with Gasteiger partial charge in [0.25, 0.3) is 5.91 Å². The molecule has 0 spiro atoms. The lowest BCUT2D eigenvalue weighted by Gasteiger charge is -2.25. The van der Waals surface area contributed by atoms with E-state index >= 15 is 0 Å². The molecule has 7 heteroatoms. The normalized spacial score (nSPS) is 13.1. The molecule has 0 heterocycles. The zero-order valence-corrected chi connectivity index (χ0v) is 24.3. The predicted octanol–water partition coefficient (Wildman–Crippen LogP) is 5.42. The molecule has 40 heavy (non-hydrogen) atoms. The molecule has 0 radical (unpaired) electrons. The SMILES string of the molecule is CCc1cccc(CNCC(O)C(Cc2cc(F)cc(F)c2)NC(=O)c2cc(C)cc(CN(C)CC(C)C)c2)c1. The second-order valence-corrected chi connectivity index (χ2v) is 11.2. The molecule has 2 unspecified atom stereocenters. The number of rotatable bonds is 14. The van der Waals surface area contributed by atoms with Crippen molar-refractivity contribution in [1.29, 1.82) is 0 Å². The number of aliphatic hydroxyl groups excluding tert-OH is 1. The maximum Gasteiger partial charge on any atom is 0.251 e. The van der Waals surface area contributed by atoms with E-state index in [0.717, 1.165) is 35.7 Å². The lowest BCUT2D eigenvalue weighted by molar-refractivity contribution is 0.0829. The minimum Gasteiger partial charge on any atom is -0.390 e. The summed E-state index contributed by atoms with van der Waals surface area (Å²) in [5.74, 6) is -1.21. The molecule has 2 atom stereocenters. The molecular weight excluding hydrogens is 508 g/mol. The van der Waals surface area contributed by atoms with Gasteiger partial charge >= 0.3 is 0 Å². The predicted molar refractivity (Wildman–Crippen MR) is 157 cm³/mol. The topological polar surface area (TPSA) is 64.6 Å². The van der Waals surface area contributed by atoms with Crippen LogP contribution >= 0.6 is 0 Å². The van der Waals surface area contributed by atoms with E-state index in [4.69, 9.17) is 0 Å². The molecule has 0 fully saturated rings. The van der Waals surface area contributed by atoms with Gasteiger partial charge in [-0.3, -0.25) is 4.79 Å². The number of benzene rings is 3. The van der Waals surface area contributed by atoms with Crippen LogP contribution in [0.4, 0.5) is 8.78 Å². The summed E-state index contributed by atoms with van der Waals surface area (Å²) >= 11 is 0. The van der Waals surface area contributed by atoms with E-state index in [1.165, 1.54) is 17.7 Å². The second kappa shape index (κ2) is 15.0. The van der Waals surface area contributed by atoms with Gasteiger partial charge in [-0.1, -0.05) is 56.7 Å². The monoisotopic (exact) mass is 551 g/mol. The Balaban J connectivity index is 1.75. The van der Waals surface area contributed by atoms with Crippen LogP contribution in [0.25, 0.3) is 0 Å². The first kappa shape index (κ1) is 31.4. The molecule has 3 aromatic carbocycles. The number of nitrogens with zero attached hydrogens (tertiary/aromatic N) is 1. The Morgan fingerprint density at radius 2 is 1.65 bits per heavy atom. The lowest BCUT2D eigenvalue weighted by atomic mass is 9.99. The minimum absolute atomic E-state index is 0.0738. The Kier molecular flexibility index (Phi) is 11.8. The number of halogens is 2. The molecule has 0 aromatic heterocycles. The zero-order valence-electron chi connectivity index (χ0n) is 24.3. The molecule has 3 N–H and O–H groups in total. The molecular formula is C33H43F2N3O2. The lowest BCUT2D eigenvalue weighted by Crippen LogP contribution is -2.48. The number of hydrogen-bond acceptors (Lipinski definition) is 4. The first-order valence-electron chi connectivity index (χ1n) is 14.0. The fourth-order valence-corrected chi connectivity index (χ4v) is 5.07. The van der Waals surface area contributed by atoms with Gasteiger partial charge in [0.2, 0.25) is 0 Å². The highest BCUT2D eigenvalue weighted by Crippen LogP contribution is 2.16. The summed E-state index contributed by atoms with van der Waals surface area (Å²) in [5.41, 5.74) is 5.15. The van der Waals surface area contributed by atoms with E-state index < -0.39 is 23.8 Å². The fourth-order valence-electron chi connectivity index (χ4n) is 5.07. The van der Waals surface area contributed by atoms with Crippen LogP contribution in [0, 0.1) is 24.5 Å². The second-order valence-electron chi connectivity index (χ2n) is 11.2. The number of carbonyl (C=O) groups excluding carboxylic acids is 1. The van der Waals surface area contributed by atoms with E-state index in [2.05, 4.69) is 61.6 Å². The third-order valence-corrected chi connectivity index (χ3v) is 6.77. The number of aliphatic hydroxyl groups is 1. The van der Waals surface area contributed by atoms with E-state index in [-0.39, 0.29) is 18.9 Å². The first-order valence-corrected chi connectivity index (χ1v) is 14.0. The highest BCUT2D eigenvalue weighted by molar-refractivity contribution is 5.94. The molecule has 0 aliphatic heterocycles. The quantitative estimate of drug-likeness (QED) is 0.251. The molecule has 3 aromatic rings. The molecule has 0 saturated heterocycles. The molecule has 0 aliphatic carbocycles. The Morgan fingerprint density at radius 3 is 2.33 bits per heavy atom. The van der Waals surface area contributed by atoms with Crippen LogP contribution in [0.15, 0.2) is 60.7 Å². The van der Waals surface area contributed by atoms with Crippen molar-refractivity contribution >= 4 is 5.91 Å². The van der Waals surface area contributed by atoms with Crippen LogP contribution in [-0.4, -0.2) is 48.2 Å². The molecule has 216 valence electrons. The number of nitrogens with one attached hydrogen (secondary N) is 2. The maximum absolute atomic E-state index is 13.9. The molecule has 5 nitrogen and oxygen atoms in total. The van der Waals surface area contributed by atoms with Gasteiger partial charge in [0.1, 0.15) is 11.6 Å². The molecule has 0 bridgehead atoms. The van der Waals surface area contributed by atoms with Crippen LogP contribution in [0.5, 0.6) is 0 Å². The number of aryl methyl sites for hydroxylation is 2. The van der Waals surface area contributed by atoms with Crippen molar-refractivity contribution in [3.8, 4) is 0 Å². The van der Waals surface area contributed by atoms with Crippen LogP contribution in [0.3, 0.4) is 0 Å². The summed E-state index contributed by atoms with van der Waals surface area (Å²) in [6.45, 7) is 10.8. The van der Waals surface area contributed by atoms with E-state index in [1.807, 2.05) is 31.2 Å². The summed E-state index contributed by atoms with van der Waals surface area (Å²) in [6.07, 6.45) is 0.0134. The van der Waals surface area contributed by atoms with E-state index in [1.54, 1.807) is 0 Å². The van der Waals surface area contributed by atoms with E-state index in [9.17, 15) is 18.7 Å². The Hall–Kier alpha value is -3.13. The standard InChI is InChI=1S/C33H43F2N3O2/c1-6-24-8-7-9-25(12-24)18-36-19-32(39)31(16-26-14-29(34)17-30(35)15-26)37-33(40)28-11-23(4)10-27(13-28)21-38(5)20-22(2)3/h7-15,17,22,31-32,36,39H,6,16,18-21H2,1-5H3,(H,37,40). The summed E-state index contributed by atoms with van der Waals surface area (Å²) < 4.78 is 27.9. The average Bonchev–Trinajstić information content (AvgIpc) is 2.86. The third kappa shape index (κ3) is 10.1. The van der Waals surface area contributed by atoms with Gasteiger partial charge in [0.15, 0.2) is 0 Å². The first-order chi connectivity index (χ1) is 19.0. The van der Waals surface area contributed by atoms with Gasteiger partial charge in [-0.2, -0.15) is 0 Å². The largest absolute Gasteiger partial charge is 0.390 e. The smallest absolute Gasteiger partial charge is 0.251 e. The highest BCUT2D eigenvalue weighted by atomic mass is 19.1. The zero-order chi connectivity index (χ0) is 29.2. The highest BCUT2D eigenvalue weighted by Gasteiger charge is 2.23. The number of hydrogen-bond donors (Lipinski definition) is 3. The van der Waals surface area contributed by atoms with Crippen molar-refractivity contribution in [3.05, 3.63) is 106 Å². The number of carbonyl (C=O) groups is 1. The molecule has 0 saturated carbocycles. The molecule has 3 rings (SSSR count). The van der Waals surface area contributed by atoms with Crippen molar-refractivity contribution in [1.82, 2.24) is 15.5 Å². The third-order valence-electron chi connectivity index (χ3n) is 6.77. The van der Waals surface area contributed by atoms with Gasteiger partial charge in [-0.25, -0.2) is 8.78 Å². The maximum atomic E-state index is 13.9. The summed E-state index contributed by atoms with van der Waals surface area (Å²) in [7, 11) is 2.05. The van der Waals surface area contributed by atoms with Gasteiger partial charge < -0.3 is 20.6 Å². The van der Waals surface area contributed by atoms with Gasteiger partial charge in [-0.05, 0) is 79.3 Å².